The first-order chi connectivity index (χ1) is 9.06. The molecule has 7 heteroatoms. The van der Waals surface area contributed by atoms with E-state index in [9.17, 15) is 14.0 Å². The van der Waals surface area contributed by atoms with Crippen molar-refractivity contribution in [3.05, 3.63) is 29.8 Å². The lowest BCUT2D eigenvalue weighted by atomic mass is 10.1. The van der Waals surface area contributed by atoms with E-state index in [2.05, 4.69) is 4.98 Å². The van der Waals surface area contributed by atoms with Crippen LogP contribution in [0.5, 0.6) is 0 Å². The minimum absolute atomic E-state index is 0.137. The lowest BCUT2D eigenvalue weighted by Gasteiger charge is -2.26. The first kappa shape index (κ1) is 13.8. The lowest BCUT2D eigenvalue weighted by Crippen LogP contribution is -2.45. The topological polar surface area (TPSA) is 70.5 Å². The van der Waals surface area contributed by atoms with Crippen LogP contribution in [0.15, 0.2) is 18.5 Å². The molecule has 1 fully saturated rings. The van der Waals surface area contributed by atoms with Crippen molar-refractivity contribution in [1.82, 2.24) is 9.88 Å². The van der Waals surface area contributed by atoms with Crippen LogP contribution in [0.25, 0.3) is 0 Å². The molecule has 102 valence electrons. The summed E-state index contributed by atoms with van der Waals surface area (Å²) in [5, 5.41) is 8.91. The van der Waals surface area contributed by atoms with Gasteiger partial charge in [-0.2, -0.15) is 0 Å². The Labute approximate surface area is 113 Å². The predicted octanol–water partition coefficient (Wildman–Crippen LogP) is 1.60. The molecule has 0 bridgehead atoms. The summed E-state index contributed by atoms with van der Waals surface area (Å²) in [5.41, 5.74) is -0.137. The number of rotatable bonds is 3. The molecule has 1 amide bonds. The zero-order valence-electron chi connectivity index (χ0n) is 10.2. The lowest BCUT2D eigenvalue weighted by molar-refractivity contribution is -0.141. The van der Waals surface area contributed by atoms with Crippen molar-refractivity contribution in [3.8, 4) is 0 Å². The van der Waals surface area contributed by atoms with E-state index >= 15 is 0 Å². The number of amides is 1. The molecule has 2 rings (SSSR count). The highest BCUT2D eigenvalue weighted by Crippen LogP contribution is 2.32. The van der Waals surface area contributed by atoms with Crippen LogP contribution in [0.1, 0.15) is 23.7 Å². The summed E-state index contributed by atoms with van der Waals surface area (Å²) >= 11 is 1.40. The number of carbonyl (C=O) groups is 2. The molecule has 2 unspecified atom stereocenters. The number of aromatic nitrogens is 1. The van der Waals surface area contributed by atoms with Gasteiger partial charge in [-0.1, -0.05) is 6.92 Å². The molecule has 0 spiro atoms. The summed E-state index contributed by atoms with van der Waals surface area (Å²) in [6.45, 7) is 1.87. The molecular formula is C12H13FN2O3S. The molecule has 0 saturated carbocycles. The third-order valence-corrected chi connectivity index (χ3v) is 4.42. The number of nitrogens with zero attached hydrogens (tertiary/aromatic N) is 2. The molecular weight excluding hydrogens is 271 g/mol. The zero-order chi connectivity index (χ0) is 14.0. The first-order valence-corrected chi connectivity index (χ1v) is 6.87. The maximum absolute atomic E-state index is 13.6. The quantitative estimate of drug-likeness (QED) is 0.913. The van der Waals surface area contributed by atoms with Crippen molar-refractivity contribution in [3.63, 3.8) is 0 Å². The monoisotopic (exact) mass is 284 g/mol. The third-order valence-electron chi connectivity index (χ3n) is 2.96. The van der Waals surface area contributed by atoms with Crippen LogP contribution in [-0.4, -0.2) is 44.0 Å². The molecule has 0 aliphatic carbocycles. The molecule has 1 saturated heterocycles. The van der Waals surface area contributed by atoms with Crippen LogP contribution in [0.2, 0.25) is 0 Å². The van der Waals surface area contributed by atoms with Gasteiger partial charge in [-0.05, 0) is 12.5 Å². The second kappa shape index (κ2) is 5.56. The summed E-state index contributed by atoms with van der Waals surface area (Å²) in [6, 6.07) is 0.363. The number of carbonyl (C=O) groups excluding carboxylic acids is 1. The second-order valence-electron chi connectivity index (χ2n) is 4.12. The Hall–Kier alpha value is -1.63. The largest absolute Gasteiger partial charge is 0.480 e. The van der Waals surface area contributed by atoms with E-state index < -0.39 is 23.7 Å². The maximum Gasteiger partial charge on any atom is 0.327 e. The van der Waals surface area contributed by atoms with Gasteiger partial charge in [0.25, 0.3) is 5.91 Å². The Morgan fingerprint density at radius 3 is 2.95 bits per heavy atom. The molecule has 19 heavy (non-hydrogen) atoms. The predicted molar refractivity (Wildman–Crippen MR) is 68.3 cm³/mol. The Kier molecular flexibility index (Phi) is 4.04. The van der Waals surface area contributed by atoms with E-state index in [4.69, 9.17) is 5.11 Å². The molecule has 1 aromatic heterocycles. The fourth-order valence-corrected chi connectivity index (χ4v) is 3.37. The summed E-state index contributed by atoms with van der Waals surface area (Å²) in [7, 11) is 0. The first-order valence-electron chi connectivity index (χ1n) is 5.82. The fourth-order valence-electron chi connectivity index (χ4n) is 2.03. The van der Waals surface area contributed by atoms with Gasteiger partial charge in [-0.15, -0.1) is 11.8 Å². The third kappa shape index (κ3) is 2.56. The molecule has 1 aromatic rings. The van der Waals surface area contributed by atoms with Gasteiger partial charge in [-0.25, -0.2) is 9.18 Å². The van der Waals surface area contributed by atoms with E-state index in [1.807, 2.05) is 6.92 Å². The van der Waals surface area contributed by atoms with Gasteiger partial charge in [0, 0.05) is 11.9 Å². The van der Waals surface area contributed by atoms with E-state index in [1.54, 1.807) is 0 Å². The minimum atomic E-state index is -1.06. The standard InChI is InChI=1S/C12H13FN2O3S/c1-2-10-15(9(6-19-10)12(17)18)11(16)7-3-4-14-5-8(7)13/h3-5,9-10H,2,6H2,1H3,(H,17,18). The number of hydrogen-bond acceptors (Lipinski definition) is 4. The van der Waals surface area contributed by atoms with E-state index in [1.165, 1.54) is 28.9 Å². The van der Waals surface area contributed by atoms with Crippen molar-refractivity contribution in [1.29, 1.82) is 0 Å². The van der Waals surface area contributed by atoms with Crippen LogP contribution < -0.4 is 0 Å². The Morgan fingerprint density at radius 2 is 2.37 bits per heavy atom. The van der Waals surface area contributed by atoms with E-state index in [0.717, 1.165) is 6.20 Å². The van der Waals surface area contributed by atoms with Crippen molar-refractivity contribution in [2.75, 3.05) is 5.75 Å². The molecule has 1 aliphatic rings. The van der Waals surface area contributed by atoms with Gasteiger partial charge < -0.3 is 10.0 Å². The molecule has 5 nitrogen and oxygen atoms in total. The number of hydrogen-bond donors (Lipinski definition) is 1. The summed E-state index contributed by atoms with van der Waals surface area (Å²) in [6.07, 6.45) is 2.89. The smallest absolute Gasteiger partial charge is 0.327 e. The van der Waals surface area contributed by atoms with Crippen molar-refractivity contribution in [2.45, 2.75) is 24.8 Å². The number of thioether (sulfide) groups is 1. The highest BCUT2D eigenvalue weighted by molar-refractivity contribution is 8.00. The normalized spacial score (nSPS) is 22.5. The van der Waals surface area contributed by atoms with Gasteiger partial charge in [0.15, 0.2) is 5.82 Å². The molecule has 1 aliphatic heterocycles. The van der Waals surface area contributed by atoms with Crippen molar-refractivity contribution in [2.24, 2.45) is 0 Å². The van der Waals surface area contributed by atoms with Gasteiger partial charge in [-0.3, -0.25) is 9.78 Å². The SMILES string of the molecule is CCC1SCC(C(=O)O)N1C(=O)c1ccncc1F. The van der Waals surface area contributed by atoms with Crippen LogP contribution in [0.4, 0.5) is 4.39 Å². The molecule has 2 atom stereocenters. The van der Waals surface area contributed by atoms with E-state index in [-0.39, 0.29) is 10.9 Å². The van der Waals surface area contributed by atoms with Crippen LogP contribution in [0.3, 0.4) is 0 Å². The second-order valence-corrected chi connectivity index (χ2v) is 5.33. The molecule has 0 aromatic carbocycles. The number of pyridine rings is 1. The summed E-state index contributed by atoms with van der Waals surface area (Å²) < 4.78 is 13.6. The number of halogens is 1. The number of carboxylic acid groups (broad SMARTS) is 1. The number of aliphatic carboxylic acids is 1. The Balaban J connectivity index is 2.34. The summed E-state index contributed by atoms with van der Waals surface area (Å²) in [4.78, 5) is 28.3. The minimum Gasteiger partial charge on any atom is -0.480 e. The fraction of sp³-hybridized carbons (Fsp3) is 0.417. The van der Waals surface area contributed by atoms with Gasteiger partial charge in [0.1, 0.15) is 6.04 Å². The maximum atomic E-state index is 13.6. The Morgan fingerprint density at radius 1 is 1.63 bits per heavy atom. The molecule has 1 N–H and O–H groups in total. The highest BCUT2D eigenvalue weighted by atomic mass is 32.2. The van der Waals surface area contributed by atoms with Gasteiger partial charge >= 0.3 is 5.97 Å². The van der Waals surface area contributed by atoms with E-state index in [0.29, 0.717) is 12.2 Å². The zero-order valence-corrected chi connectivity index (χ0v) is 11.1. The average molecular weight is 284 g/mol. The number of carboxylic acids is 1. The summed E-state index contributed by atoms with van der Waals surface area (Å²) in [5.74, 6) is -2.06. The van der Waals surface area contributed by atoms with Crippen LogP contribution in [0, 0.1) is 5.82 Å². The molecule has 0 radical (unpaired) electrons. The highest BCUT2D eigenvalue weighted by Gasteiger charge is 2.41. The van der Waals surface area contributed by atoms with Gasteiger partial charge in [0.2, 0.25) is 0 Å². The van der Waals surface area contributed by atoms with Crippen molar-refractivity contribution >= 4 is 23.6 Å². The van der Waals surface area contributed by atoms with Crippen LogP contribution >= 0.6 is 11.8 Å². The van der Waals surface area contributed by atoms with Crippen LogP contribution in [-0.2, 0) is 4.79 Å². The van der Waals surface area contributed by atoms with Gasteiger partial charge in [0.05, 0.1) is 17.1 Å². The average Bonchev–Trinajstić information content (AvgIpc) is 2.82. The Bertz CT molecular complexity index is 512. The van der Waals surface area contributed by atoms with Crippen molar-refractivity contribution < 1.29 is 19.1 Å². The molecule has 2 heterocycles.